The van der Waals surface area contributed by atoms with E-state index in [1.807, 2.05) is 0 Å². The maximum Gasteiger partial charge on any atom is 0.130 e. The van der Waals surface area contributed by atoms with Crippen molar-refractivity contribution in [3.63, 3.8) is 0 Å². The molecule has 0 N–H and O–H groups in total. The number of hydrogen-bond acceptors (Lipinski definition) is 8. The summed E-state index contributed by atoms with van der Waals surface area (Å²) in [5.74, 6) is 3.33. The zero-order valence-electron chi connectivity index (χ0n) is 63.8. The van der Waals surface area contributed by atoms with Crippen LogP contribution in [0.1, 0.15) is 86.1 Å². The Morgan fingerprint density at radius 2 is 0.349 bits per heavy atom. The number of hydrogen-bond donors (Lipinski definition) is 0. The summed E-state index contributed by atoms with van der Waals surface area (Å²) < 4.78 is 26.3. The van der Waals surface area contributed by atoms with E-state index in [-0.39, 0.29) is 0 Å². The topological polar surface area (TPSA) is 49.9 Å². The fraction of sp³-hybridized carbons (Fsp3) is 0.184. The lowest BCUT2D eigenvalue weighted by Crippen LogP contribution is -2.24. The minimum atomic E-state index is -0.432. The van der Waals surface area contributed by atoms with Crippen LogP contribution in [0.5, 0.6) is 23.0 Å². The summed E-state index contributed by atoms with van der Waals surface area (Å²) in [5.41, 5.74) is 21.8. The summed E-state index contributed by atoms with van der Waals surface area (Å²) >= 11 is 0. The number of benzene rings is 16. The summed E-state index contributed by atoms with van der Waals surface area (Å²) in [7, 11) is 3.53. The smallest absolute Gasteiger partial charge is 0.130 e. The highest BCUT2D eigenvalue weighted by atomic mass is 16.5. The average molecular weight is 1390 g/mol. The summed E-state index contributed by atoms with van der Waals surface area (Å²) in [6, 6.07) is 97.0. The first kappa shape index (κ1) is 69.7. The second-order valence-corrected chi connectivity index (χ2v) is 30.6. The van der Waals surface area contributed by atoms with Crippen LogP contribution in [0.3, 0.4) is 0 Å². The maximum absolute atomic E-state index is 6.94. The van der Waals surface area contributed by atoms with Gasteiger partial charge in [0.1, 0.15) is 34.2 Å². The van der Waals surface area contributed by atoms with Gasteiger partial charge in [-0.3, -0.25) is 0 Å². The van der Waals surface area contributed by atoms with E-state index in [4.69, 9.17) is 18.9 Å². The Bertz CT molecular complexity index is 5310. The van der Waals surface area contributed by atoms with Crippen molar-refractivity contribution in [2.75, 3.05) is 33.8 Å². The Kier molecular flexibility index (Phi) is 18.3. The first-order valence-corrected chi connectivity index (χ1v) is 36.7. The molecule has 0 spiro atoms. The fourth-order valence-electron chi connectivity index (χ4n) is 15.0. The molecule has 8 heteroatoms. The van der Waals surface area contributed by atoms with Crippen molar-refractivity contribution in [2.45, 2.75) is 108 Å². The lowest BCUT2D eigenvalue weighted by Gasteiger charge is -2.32. The molecule has 16 rings (SSSR count). The Morgan fingerprint density at radius 1 is 0.198 bits per heavy atom. The monoisotopic (exact) mass is 1390 g/mol. The van der Waals surface area contributed by atoms with Crippen LogP contribution in [0.4, 0.5) is 68.2 Å². The van der Waals surface area contributed by atoms with Gasteiger partial charge in [0.25, 0.3) is 0 Å². The number of aryl methyl sites for hydroxylation is 8. The van der Waals surface area contributed by atoms with Gasteiger partial charge in [0.2, 0.25) is 0 Å². The van der Waals surface area contributed by atoms with Gasteiger partial charge in [-0.2, -0.15) is 0 Å². The van der Waals surface area contributed by atoms with E-state index in [0.29, 0.717) is 0 Å². The van der Waals surface area contributed by atoms with Crippen molar-refractivity contribution in [1.82, 2.24) is 0 Å². The molecule has 528 valence electrons. The molecule has 16 aromatic rings. The molecule has 0 aliphatic carbocycles. The van der Waals surface area contributed by atoms with Gasteiger partial charge in [-0.25, -0.2) is 0 Å². The van der Waals surface area contributed by atoms with Crippen LogP contribution in [-0.2, 0) is 0 Å². The minimum absolute atomic E-state index is 0.432. The number of ether oxygens (including phenoxy) is 4. The maximum atomic E-state index is 6.94. The van der Waals surface area contributed by atoms with Gasteiger partial charge in [-0.1, -0.05) is 166 Å². The molecule has 0 unspecified atom stereocenters. The van der Waals surface area contributed by atoms with Crippen LogP contribution in [0, 0.1) is 55.4 Å². The first-order valence-electron chi connectivity index (χ1n) is 36.7. The largest absolute Gasteiger partial charge is 0.496 e. The van der Waals surface area contributed by atoms with Crippen molar-refractivity contribution in [3.05, 3.63) is 311 Å². The van der Waals surface area contributed by atoms with Gasteiger partial charge in [0.05, 0.1) is 37.0 Å². The summed E-state index contributed by atoms with van der Waals surface area (Å²) in [5, 5.41) is 13.4. The van der Waals surface area contributed by atoms with Crippen LogP contribution in [0.2, 0.25) is 0 Å². The van der Waals surface area contributed by atoms with Crippen LogP contribution in [0.15, 0.2) is 267 Å². The molecule has 106 heavy (non-hydrogen) atoms. The van der Waals surface area contributed by atoms with E-state index in [1.54, 1.807) is 14.2 Å². The molecule has 0 heterocycles. The Hall–Kier alpha value is -12.0. The predicted octanol–water partition coefficient (Wildman–Crippen LogP) is 27.9. The Morgan fingerprint density at radius 3 is 0.509 bits per heavy atom. The quantitative estimate of drug-likeness (QED) is 0.0887. The van der Waals surface area contributed by atoms with Gasteiger partial charge in [0, 0.05) is 134 Å². The molecular formula is C98H92N4O4. The van der Waals surface area contributed by atoms with E-state index in [1.165, 1.54) is 44.5 Å². The van der Waals surface area contributed by atoms with E-state index < -0.39 is 11.2 Å². The third-order valence-corrected chi connectivity index (χ3v) is 20.1. The van der Waals surface area contributed by atoms with Gasteiger partial charge in [-0.15, -0.1) is 0 Å². The van der Waals surface area contributed by atoms with Crippen molar-refractivity contribution in [3.8, 4) is 23.0 Å². The Labute approximate surface area is 624 Å². The number of nitrogens with zero attached hydrogens (tertiary/aromatic N) is 4. The number of anilines is 12. The van der Waals surface area contributed by atoms with E-state index in [9.17, 15) is 0 Å². The van der Waals surface area contributed by atoms with Gasteiger partial charge < -0.3 is 38.5 Å². The van der Waals surface area contributed by atoms with Gasteiger partial charge >= 0.3 is 0 Å². The summed E-state index contributed by atoms with van der Waals surface area (Å²) in [6.07, 6.45) is 0. The molecule has 16 aromatic carbocycles. The van der Waals surface area contributed by atoms with Gasteiger partial charge in [0.15, 0.2) is 0 Å². The standard InChI is InChI=1S/C52H52N2O2.C46H40N2O2/c1-33-11-19-37(20-12-33)53(38-21-13-34(2)14-22-38)45-31-47(55-51(5,6)7)43-30-28-42-46(32-48(56-52(8,9)10)44-29-27-41(45)49(43)50(42)44)54(39-23-15-35(3)16-24-39)40-25-17-36(4)18-26-40;1-29-7-15-33(16-8-29)47(34-17-9-30(2)10-18-34)41-27-43(49-5)39-26-24-38-42(28-44(50-6)40-25-23-37(41)45(39)46(38)40)48(35-19-11-31(3)12-20-35)36-21-13-32(4)14-22-36/h11-32H,1-10H3;7-28H,1-6H3. The molecule has 0 atom stereocenters. The lowest BCUT2D eigenvalue weighted by molar-refractivity contribution is 0.132. The molecule has 0 saturated carbocycles. The number of methoxy groups -OCH3 is 2. The molecule has 0 saturated heterocycles. The van der Waals surface area contributed by atoms with Crippen LogP contribution >= 0.6 is 0 Å². The highest BCUT2D eigenvalue weighted by Gasteiger charge is 2.30. The third-order valence-electron chi connectivity index (χ3n) is 20.1. The van der Waals surface area contributed by atoms with E-state index in [0.717, 1.165) is 156 Å². The molecule has 0 bridgehead atoms. The number of rotatable bonds is 16. The average Bonchev–Trinajstić information content (AvgIpc) is 0.709. The minimum Gasteiger partial charge on any atom is -0.496 e. The van der Waals surface area contributed by atoms with Gasteiger partial charge in [-0.05, 0) is 218 Å². The highest BCUT2D eigenvalue weighted by molar-refractivity contribution is 6.32. The first-order chi connectivity index (χ1) is 51.0. The lowest BCUT2D eigenvalue weighted by atomic mass is 9.90. The molecule has 0 radical (unpaired) electrons. The Balaban J connectivity index is 0.000000171. The molecular weight excluding hydrogens is 1300 g/mol. The SMILES string of the molecule is COc1cc(N(c2ccc(C)cc2)c2ccc(C)cc2)c2ccc3c(OC)cc(N(c4ccc(C)cc4)c4ccc(C)cc4)c4ccc1c2c34.Cc1ccc(N(c2ccc(C)cc2)c2cc(OC(C)(C)C)c3ccc4c(N(c5ccc(C)cc5)c5ccc(C)cc5)cc(OC(C)(C)C)c5ccc2c3c54)cc1. The van der Waals surface area contributed by atoms with Crippen LogP contribution in [0.25, 0.3) is 64.6 Å². The second-order valence-electron chi connectivity index (χ2n) is 30.6. The summed E-state index contributed by atoms with van der Waals surface area (Å²) in [6.45, 7) is 29.8. The molecule has 0 aliphatic rings. The molecule has 8 nitrogen and oxygen atoms in total. The zero-order valence-corrected chi connectivity index (χ0v) is 63.8. The molecule has 0 fully saturated rings. The molecule has 0 aliphatic heterocycles. The third kappa shape index (κ3) is 13.4. The van der Waals surface area contributed by atoms with Crippen molar-refractivity contribution < 1.29 is 18.9 Å². The second kappa shape index (κ2) is 27.9. The predicted molar refractivity (Wildman–Crippen MR) is 451 cm³/mol. The zero-order chi connectivity index (χ0) is 74.0. The van der Waals surface area contributed by atoms with Crippen molar-refractivity contribution in [2.24, 2.45) is 0 Å². The molecule has 0 amide bonds. The highest BCUT2D eigenvalue weighted by Crippen LogP contribution is 2.55. The van der Waals surface area contributed by atoms with Crippen molar-refractivity contribution in [1.29, 1.82) is 0 Å². The fourth-order valence-corrected chi connectivity index (χ4v) is 15.0. The van der Waals surface area contributed by atoms with E-state index >= 15 is 0 Å². The summed E-state index contributed by atoms with van der Waals surface area (Å²) in [4.78, 5) is 9.43. The molecule has 0 aromatic heterocycles. The normalized spacial score (nSPS) is 11.8. The van der Waals surface area contributed by atoms with Crippen LogP contribution < -0.4 is 38.5 Å². The van der Waals surface area contributed by atoms with Crippen molar-refractivity contribution >= 4 is 133 Å². The van der Waals surface area contributed by atoms with Crippen LogP contribution in [-0.4, -0.2) is 25.4 Å². The van der Waals surface area contributed by atoms with E-state index in [2.05, 4.69) is 383 Å².